The van der Waals surface area contributed by atoms with E-state index in [0.29, 0.717) is 13.0 Å². The summed E-state index contributed by atoms with van der Waals surface area (Å²) in [5.41, 5.74) is 3.52. The fourth-order valence-electron chi connectivity index (χ4n) is 5.15. The lowest BCUT2D eigenvalue weighted by Crippen LogP contribution is -2.48. The molecule has 2 aliphatic heterocycles. The van der Waals surface area contributed by atoms with Crippen LogP contribution in [-0.4, -0.2) is 53.6 Å². The van der Waals surface area contributed by atoms with Crippen LogP contribution >= 0.6 is 0 Å². The Balaban J connectivity index is 1.64. The van der Waals surface area contributed by atoms with Crippen molar-refractivity contribution in [3.05, 3.63) is 66.4 Å². The lowest BCUT2D eigenvalue weighted by atomic mass is 9.81. The Morgan fingerprint density at radius 1 is 1.12 bits per heavy atom. The summed E-state index contributed by atoms with van der Waals surface area (Å²) >= 11 is 0. The van der Waals surface area contributed by atoms with Crippen LogP contribution in [0.15, 0.2) is 60.0 Å². The highest BCUT2D eigenvalue weighted by Crippen LogP contribution is 2.50. The summed E-state index contributed by atoms with van der Waals surface area (Å²) in [5.74, 6) is -0.361. The van der Waals surface area contributed by atoms with E-state index in [9.17, 15) is 17.9 Å². The highest BCUT2D eigenvalue weighted by atomic mass is 32.2. The SMILES string of the molecule is CN1c2ccc(-c3ccc(F)cc3)cc2[C@H]2[C@H](CCN2S(=O)(=O)c2cn(C)cn2)[C@H]1CO. The smallest absolute Gasteiger partial charge is 0.262 e. The lowest BCUT2D eigenvalue weighted by Gasteiger charge is -2.44. The summed E-state index contributed by atoms with van der Waals surface area (Å²) in [7, 11) is -0.141. The Morgan fingerprint density at radius 2 is 1.84 bits per heavy atom. The number of likely N-dealkylation sites (N-methyl/N-ethyl adjacent to an activating group) is 1. The minimum Gasteiger partial charge on any atom is -0.394 e. The molecule has 2 aliphatic rings. The summed E-state index contributed by atoms with van der Waals surface area (Å²) < 4.78 is 43.6. The molecule has 7 nitrogen and oxygen atoms in total. The van der Waals surface area contributed by atoms with Gasteiger partial charge in [-0.25, -0.2) is 17.8 Å². The quantitative estimate of drug-likeness (QED) is 0.653. The molecule has 0 spiro atoms. The average molecular weight is 457 g/mol. The first-order valence-corrected chi connectivity index (χ1v) is 12.0. The van der Waals surface area contributed by atoms with Gasteiger partial charge in [-0.3, -0.25) is 0 Å². The third-order valence-corrected chi connectivity index (χ3v) is 8.50. The number of aromatic nitrogens is 2. The van der Waals surface area contributed by atoms with Crippen LogP contribution in [0.4, 0.5) is 10.1 Å². The van der Waals surface area contributed by atoms with Gasteiger partial charge >= 0.3 is 0 Å². The van der Waals surface area contributed by atoms with E-state index >= 15 is 0 Å². The molecule has 9 heteroatoms. The molecular formula is C23H25FN4O3S. The largest absolute Gasteiger partial charge is 0.394 e. The predicted molar refractivity (Wildman–Crippen MR) is 119 cm³/mol. The Kier molecular flexibility index (Phi) is 5.07. The van der Waals surface area contributed by atoms with Gasteiger partial charge in [-0.1, -0.05) is 18.2 Å². The zero-order chi connectivity index (χ0) is 22.6. The van der Waals surface area contributed by atoms with Gasteiger partial charge in [-0.05, 0) is 47.4 Å². The number of aliphatic hydroxyl groups is 1. The van der Waals surface area contributed by atoms with E-state index in [-0.39, 0.29) is 29.4 Å². The topological polar surface area (TPSA) is 78.7 Å². The van der Waals surface area contributed by atoms with E-state index in [2.05, 4.69) is 4.98 Å². The number of nitrogens with zero attached hydrogens (tertiary/aromatic N) is 4. The average Bonchev–Trinajstić information content (AvgIpc) is 3.42. The zero-order valence-corrected chi connectivity index (χ0v) is 18.7. The summed E-state index contributed by atoms with van der Waals surface area (Å²) in [5, 5.41) is 10.2. The molecule has 0 aliphatic carbocycles. The van der Waals surface area contributed by atoms with E-state index in [0.717, 1.165) is 22.4 Å². The second kappa shape index (κ2) is 7.68. The first-order valence-electron chi connectivity index (χ1n) is 10.5. The molecule has 0 amide bonds. The van der Waals surface area contributed by atoms with Crippen LogP contribution in [0.5, 0.6) is 0 Å². The third kappa shape index (κ3) is 3.23. The van der Waals surface area contributed by atoms with Crippen LogP contribution in [0.2, 0.25) is 0 Å². The molecule has 0 radical (unpaired) electrons. The molecule has 1 N–H and O–H groups in total. The summed E-state index contributed by atoms with van der Waals surface area (Å²) in [6, 6.07) is 11.6. The van der Waals surface area contributed by atoms with Gasteiger partial charge in [-0.2, -0.15) is 4.31 Å². The first-order chi connectivity index (χ1) is 15.3. The van der Waals surface area contributed by atoms with E-state index in [4.69, 9.17) is 0 Å². The van der Waals surface area contributed by atoms with Crippen LogP contribution < -0.4 is 4.90 Å². The molecule has 3 heterocycles. The van der Waals surface area contributed by atoms with Crippen molar-refractivity contribution < 1.29 is 17.9 Å². The van der Waals surface area contributed by atoms with Gasteiger partial charge in [0.2, 0.25) is 0 Å². The zero-order valence-electron chi connectivity index (χ0n) is 17.9. The van der Waals surface area contributed by atoms with Crippen LogP contribution in [0.1, 0.15) is 18.0 Å². The Labute approximate surface area is 186 Å². The number of rotatable bonds is 4. The van der Waals surface area contributed by atoms with Gasteiger partial charge in [0.1, 0.15) is 5.82 Å². The van der Waals surface area contributed by atoms with Crippen LogP contribution in [-0.2, 0) is 17.1 Å². The number of benzene rings is 2. The van der Waals surface area contributed by atoms with E-state index in [1.807, 2.05) is 30.1 Å². The third-order valence-electron chi connectivity index (χ3n) is 6.74. The maximum Gasteiger partial charge on any atom is 0.262 e. The highest BCUT2D eigenvalue weighted by Gasteiger charge is 2.50. The van der Waals surface area contributed by atoms with Crippen molar-refractivity contribution in [3.8, 4) is 11.1 Å². The molecule has 3 aromatic rings. The molecule has 32 heavy (non-hydrogen) atoms. The van der Waals surface area contributed by atoms with Crippen molar-refractivity contribution in [1.82, 2.24) is 13.9 Å². The molecule has 1 saturated heterocycles. The number of hydrogen-bond acceptors (Lipinski definition) is 5. The van der Waals surface area contributed by atoms with Gasteiger partial charge in [0.15, 0.2) is 5.03 Å². The van der Waals surface area contributed by atoms with Crippen molar-refractivity contribution in [2.24, 2.45) is 13.0 Å². The van der Waals surface area contributed by atoms with Crippen molar-refractivity contribution >= 4 is 15.7 Å². The molecule has 2 aromatic carbocycles. The lowest BCUT2D eigenvalue weighted by molar-refractivity contribution is 0.193. The van der Waals surface area contributed by atoms with Crippen molar-refractivity contribution in [2.75, 3.05) is 25.1 Å². The number of aryl methyl sites for hydroxylation is 1. The first kappa shape index (κ1) is 21.1. The standard InChI is InChI=1S/C23H25FN4O3S/c1-26-12-22(25-14-26)32(30,31)28-10-9-18-21(13-29)27(2)20-8-5-16(11-19(20)23(18)28)15-3-6-17(24)7-4-15/h3-8,11-12,14,18,21,23,29H,9-10,13H2,1-2H3/t18-,21-,23-/m1/s1. The van der Waals surface area contributed by atoms with Gasteiger partial charge in [0.25, 0.3) is 10.0 Å². The minimum atomic E-state index is -3.81. The fourth-order valence-corrected chi connectivity index (χ4v) is 6.78. The Morgan fingerprint density at radius 3 is 2.50 bits per heavy atom. The van der Waals surface area contributed by atoms with Gasteiger partial charge in [0, 0.05) is 38.4 Å². The molecule has 1 aromatic heterocycles. The number of anilines is 1. The number of aliphatic hydroxyl groups excluding tert-OH is 1. The van der Waals surface area contributed by atoms with Gasteiger partial charge < -0.3 is 14.6 Å². The van der Waals surface area contributed by atoms with Crippen molar-refractivity contribution in [1.29, 1.82) is 0 Å². The molecule has 0 unspecified atom stereocenters. The number of hydrogen-bond donors (Lipinski definition) is 1. The van der Waals surface area contributed by atoms with Crippen molar-refractivity contribution in [3.63, 3.8) is 0 Å². The monoisotopic (exact) mass is 456 g/mol. The second-order valence-electron chi connectivity index (χ2n) is 8.53. The maximum atomic E-state index is 13.5. The summed E-state index contributed by atoms with van der Waals surface area (Å²) in [4.78, 5) is 6.13. The van der Waals surface area contributed by atoms with Gasteiger partial charge in [-0.15, -0.1) is 0 Å². The molecule has 1 fully saturated rings. The van der Waals surface area contributed by atoms with Crippen LogP contribution in [0, 0.1) is 11.7 Å². The predicted octanol–water partition coefficient (Wildman–Crippen LogP) is 2.79. The fraction of sp³-hybridized carbons (Fsp3) is 0.348. The summed E-state index contributed by atoms with van der Waals surface area (Å²) in [6.45, 7) is 0.299. The van der Waals surface area contributed by atoms with E-state index in [1.54, 1.807) is 23.7 Å². The minimum absolute atomic E-state index is 0.0244. The number of fused-ring (bicyclic) bond motifs is 3. The molecule has 0 saturated carbocycles. The van der Waals surface area contributed by atoms with E-state index < -0.39 is 16.1 Å². The van der Waals surface area contributed by atoms with Crippen molar-refractivity contribution in [2.45, 2.75) is 23.5 Å². The summed E-state index contributed by atoms with van der Waals surface area (Å²) in [6.07, 6.45) is 3.63. The Hall–Kier alpha value is -2.75. The molecular weight excluding hydrogens is 431 g/mol. The number of sulfonamides is 1. The molecule has 3 atom stereocenters. The van der Waals surface area contributed by atoms with Crippen LogP contribution in [0.25, 0.3) is 11.1 Å². The molecule has 168 valence electrons. The van der Waals surface area contributed by atoms with Gasteiger partial charge in [0.05, 0.1) is 25.0 Å². The maximum absolute atomic E-state index is 13.5. The molecule has 0 bridgehead atoms. The highest BCUT2D eigenvalue weighted by molar-refractivity contribution is 7.89. The Bertz CT molecular complexity index is 1260. The number of imidazole rings is 1. The van der Waals surface area contributed by atoms with Crippen LogP contribution in [0.3, 0.4) is 0 Å². The normalized spacial score (nSPS) is 23.2. The second-order valence-corrected chi connectivity index (χ2v) is 10.4. The molecule has 5 rings (SSSR count). The van der Waals surface area contributed by atoms with E-state index in [1.165, 1.54) is 29.0 Å². The number of halogens is 1.